The molecule has 1 rings (SSSR count). The Morgan fingerprint density at radius 1 is 0.493 bits per heavy atom. The van der Waals surface area contributed by atoms with Crippen molar-refractivity contribution in [2.24, 2.45) is 0 Å². The number of carboxylic acids is 1. The smallest absolute Gasteiger partial charge is 0.335 e. The van der Waals surface area contributed by atoms with Crippen LogP contribution in [0.1, 0.15) is 213 Å². The van der Waals surface area contributed by atoms with Gasteiger partial charge in [-0.2, -0.15) is 0 Å². The van der Waals surface area contributed by atoms with E-state index in [1.165, 1.54) is 44.9 Å². The molecular formula is C57H94O12. The van der Waals surface area contributed by atoms with E-state index in [1.807, 2.05) is 0 Å². The van der Waals surface area contributed by atoms with E-state index in [0.29, 0.717) is 19.3 Å². The number of rotatable bonds is 44. The maximum atomic E-state index is 13.1. The minimum absolute atomic E-state index is 0.0536. The molecule has 394 valence electrons. The quantitative estimate of drug-likeness (QED) is 0.0228. The van der Waals surface area contributed by atoms with Gasteiger partial charge in [0.2, 0.25) is 0 Å². The van der Waals surface area contributed by atoms with Gasteiger partial charge in [0.25, 0.3) is 0 Å². The van der Waals surface area contributed by atoms with Crippen molar-refractivity contribution < 1.29 is 58.2 Å². The van der Waals surface area contributed by atoms with Gasteiger partial charge in [-0.15, -0.1) is 0 Å². The second-order valence-electron chi connectivity index (χ2n) is 18.1. The van der Waals surface area contributed by atoms with Gasteiger partial charge in [0.05, 0.1) is 6.61 Å². The van der Waals surface area contributed by atoms with Crippen LogP contribution in [0.5, 0.6) is 0 Å². The molecule has 12 nitrogen and oxygen atoms in total. The highest BCUT2D eigenvalue weighted by molar-refractivity contribution is 5.74. The minimum Gasteiger partial charge on any atom is -0.479 e. The summed E-state index contributed by atoms with van der Waals surface area (Å²) in [5, 5.41) is 31.3. The van der Waals surface area contributed by atoms with Crippen LogP contribution in [0, 0.1) is 0 Å². The van der Waals surface area contributed by atoms with Crippen LogP contribution >= 0.6 is 0 Å². The third-order valence-corrected chi connectivity index (χ3v) is 11.8. The summed E-state index contributed by atoms with van der Waals surface area (Å²) in [6, 6.07) is 0. The van der Waals surface area contributed by atoms with E-state index in [-0.39, 0.29) is 25.9 Å². The highest BCUT2D eigenvalue weighted by atomic mass is 16.7. The van der Waals surface area contributed by atoms with Gasteiger partial charge in [-0.05, 0) is 89.9 Å². The molecular weight excluding hydrogens is 877 g/mol. The summed E-state index contributed by atoms with van der Waals surface area (Å²) in [6.45, 7) is 5.75. The van der Waals surface area contributed by atoms with E-state index in [2.05, 4.69) is 93.7 Å². The van der Waals surface area contributed by atoms with Gasteiger partial charge in [-0.25, -0.2) is 4.79 Å². The molecule has 0 aromatic rings. The fourth-order valence-electron chi connectivity index (χ4n) is 7.62. The van der Waals surface area contributed by atoms with Crippen molar-refractivity contribution in [2.45, 2.75) is 250 Å². The standard InChI is InChI=1S/C57H94O12/c1-4-7-10-13-16-19-21-23-25-27-29-32-34-37-40-43-49(58)65-46-48(67-50(59)44-41-38-36-33-30-28-26-24-22-20-17-14-11-8-5-2)47-66-57-55(53(62)52(61)54(69-57)56(63)64)68-51(60)45-42-39-35-31-18-15-12-9-6-3/h7,10,16-17,19-20,23-26,29,32,48,52-55,57,61-62H,4-6,8-9,11-15,18,21-22,27-28,30-31,33-47H2,1-3H3,(H,63,64)/b10-7-,19-16-,20-17-,25-23-,26-24-,32-29-. The van der Waals surface area contributed by atoms with Gasteiger partial charge in [-0.1, -0.05) is 177 Å². The summed E-state index contributed by atoms with van der Waals surface area (Å²) in [7, 11) is 0. The Morgan fingerprint density at radius 2 is 0.913 bits per heavy atom. The molecule has 0 bridgehead atoms. The van der Waals surface area contributed by atoms with E-state index in [4.69, 9.17) is 23.7 Å². The molecule has 0 spiro atoms. The average molecular weight is 971 g/mol. The van der Waals surface area contributed by atoms with Crippen LogP contribution in [-0.2, 0) is 42.9 Å². The SMILES string of the molecule is CC/C=C\C/C=C\C/C=C\C/C=C\CCCCC(=O)OCC(COC1OC(C(=O)O)C(O)C(O)C1OC(=O)CCCCCCCCCCC)OC(=O)CCCCCCC/C=C\C/C=C\CCCCC. The molecule has 6 unspecified atom stereocenters. The van der Waals surface area contributed by atoms with Gasteiger partial charge in [0.1, 0.15) is 18.8 Å². The number of esters is 3. The van der Waals surface area contributed by atoms with Crippen LogP contribution in [0.15, 0.2) is 72.9 Å². The molecule has 3 N–H and O–H groups in total. The number of aliphatic hydroxyl groups excluding tert-OH is 2. The molecule has 69 heavy (non-hydrogen) atoms. The molecule has 1 heterocycles. The lowest BCUT2D eigenvalue weighted by Gasteiger charge is -2.40. The zero-order valence-electron chi connectivity index (χ0n) is 43.0. The number of aliphatic hydroxyl groups is 2. The van der Waals surface area contributed by atoms with Gasteiger partial charge in [0, 0.05) is 19.3 Å². The Balaban J connectivity index is 2.76. The monoisotopic (exact) mass is 971 g/mol. The summed E-state index contributed by atoms with van der Waals surface area (Å²) in [5.74, 6) is -3.20. The lowest BCUT2D eigenvalue weighted by Crippen LogP contribution is -2.61. The fraction of sp³-hybridized carbons (Fsp3) is 0.719. The molecule has 0 aliphatic carbocycles. The van der Waals surface area contributed by atoms with E-state index in [1.54, 1.807) is 0 Å². The van der Waals surface area contributed by atoms with Gasteiger partial charge in [0.15, 0.2) is 24.6 Å². The molecule has 1 saturated heterocycles. The van der Waals surface area contributed by atoms with E-state index >= 15 is 0 Å². The first-order chi connectivity index (χ1) is 33.6. The number of hydrogen-bond acceptors (Lipinski definition) is 11. The molecule has 0 aromatic heterocycles. The van der Waals surface area contributed by atoms with Crippen molar-refractivity contribution in [1.29, 1.82) is 0 Å². The summed E-state index contributed by atoms with van der Waals surface area (Å²) in [6.07, 6.45) is 43.3. The van der Waals surface area contributed by atoms with Crippen molar-refractivity contribution in [3.05, 3.63) is 72.9 Å². The summed E-state index contributed by atoms with van der Waals surface area (Å²) >= 11 is 0. The molecule has 12 heteroatoms. The Kier molecular flexibility index (Phi) is 41.5. The predicted octanol–water partition coefficient (Wildman–Crippen LogP) is 13.0. The largest absolute Gasteiger partial charge is 0.479 e. The number of carboxylic acid groups (broad SMARTS) is 1. The third-order valence-electron chi connectivity index (χ3n) is 11.8. The second kappa shape index (κ2) is 45.3. The number of unbranched alkanes of at least 4 members (excludes halogenated alkanes) is 18. The van der Waals surface area contributed by atoms with Gasteiger partial charge >= 0.3 is 23.9 Å². The van der Waals surface area contributed by atoms with E-state index in [0.717, 1.165) is 109 Å². The molecule has 0 aromatic carbocycles. The summed E-state index contributed by atoms with van der Waals surface area (Å²) in [4.78, 5) is 50.8. The lowest BCUT2D eigenvalue weighted by atomic mass is 9.98. The normalized spacial score (nSPS) is 19.2. The predicted molar refractivity (Wildman–Crippen MR) is 275 cm³/mol. The Morgan fingerprint density at radius 3 is 1.45 bits per heavy atom. The summed E-state index contributed by atoms with van der Waals surface area (Å²) < 4.78 is 28.2. The van der Waals surface area contributed by atoms with E-state index < -0.39 is 67.3 Å². The van der Waals surface area contributed by atoms with Crippen LogP contribution in [0.25, 0.3) is 0 Å². The zero-order valence-corrected chi connectivity index (χ0v) is 43.0. The number of allylic oxidation sites excluding steroid dienone is 12. The Bertz CT molecular complexity index is 1480. The fourth-order valence-corrected chi connectivity index (χ4v) is 7.62. The van der Waals surface area contributed by atoms with Gasteiger partial charge in [-0.3, -0.25) is 14.4 Å². The average Bonchev–Trinajstić information content (AvgIpc) is 3.33. The number of carbonyl (C=O) groups is 4. The first kappa shape index (κ1) is 63.2. The van der Waals surface area contributed by atoms with Crippen LogP contribution < -0.4 is 0 Å². The number of aliphatic carboxylic acids is 1. The van der Waals surface area contributed by atoms with Crippen molar-refractivity contribution in [2.75, 3.05) is 13.2 Å². The maximum Gasteiger partial charge on any atom is 0.335 e. The van der Waals surface area contributed by atoms with Crippen molar-refractivity contribution in [1.82, 2.24) is 0 Å². The first-order valence-electron chi connectivity index (χ1n) is 26.9. The molecule has 0 saturated carbocycles. The Labute approximate surface area is 417 Å². The number of carbonyl (C=O) groups excluding carboxylic acids is 3. The third kappa shape index (κ3) is 35.8. The van der Waals surface area contributed by atoms with Gasteiger partial charge < -0.3 is 39.0 Å². The topological polar surface area (TPSA) is 175 Å². The summed E-state index contributed by atoms with van der Waals surface area (Å²) in [5.41, 5.74) is 0. The van der Waals surface area contributed by atoms with Crippen molar-refractivity contribution in [3.63, 3.8) is 0 Å². The van der Waals surface area contributed by atoms with Crippen LogP contribution in [0.2, 0.25) is 0 Å². The van der Waals surface area contributed by atoms with E-state index in [9.17, 15) is 34.5 Å². The number of ether oxygens (including phenoxy) is 5. The zero-order chi connectivity index (χ0) is 50.4. The Hall–Kier alpha value is -3.84. The maximum absolute atomic E-state index is 13.1. The molecule has 1 fully saturated rings. The second-order valence-corrected chi connectivity index (χ2v) is 18.1. The molecule has 0 amide bonds. The lowest BCUT2D eigenvalue weighted by molar-refractivity contribution is -0.301. The molecule has 1 aliphatic heterocycles. The molecule has 1 aliphatic rings. The highest BCUT2D eigenvalue weighted by Gasteiger charge is 2.50. The van der Waals surface area contributed by atoms with Crippen molar-refractivity contribution >= 4 is 23.9 Å². The minimum atomic E-state index is -1.91. The number of hydrogen-bond donors (Lipinski definition) is 3. The first-order valence-corrected chi connectivity index (χ1v) is 26.9. The van der Waals surface area contributed by atoms with Crippen molar-refractivity contribution in [3.8, 4) is 0 Å². The van der Waals surface area contributed by atoms with Crippen LogP contribution in [0.3, 0.4) is 0 Å². The molecule has 6 atom stereocenters. The molecule has 0 radical (unpaired) electrons. The van der Waals surface area contributed by atoms with Crippen LogP contribution in [0.4, 0.5) is 0 Å². The van der Waals surface area contributed by atoms with Crippen LogP contribution in [-0.4, -0.2) is 89.2 Å². The highest BCUT2D eigenvalue weighted by Crippen LogP contribution is 2.26.